The minimum atomic E-state index is -4.27. The Morgan fingerprint density at radius 2 is 1.95 bits per heavy atom. The van der Waals surface area contributed by atoms with Crippen LogP contribution in [0, 0.1) is 11.8 Å². The van der Waals surface area contributed by atoms with Gasteiger partial charge in [-0.25, -0.2) is 17.8 Å². The van der Waals surface area contributed by atoms with Crippen molar-refractivity contribution in [2.75, 3.05) is 4.72 Å². The highest BCUT2D eigenvalue weighted by Crippen LogP contribution is 2.28. The van der Waals surface area contributed by atoms with Crippen molar-refractivity contribution in [3.63, 3.8) is 0 Å². The van der Waals surface area contributed by atoms with Crippen LogP contribution in [-0.2, 0) is 10.0 Å². The molecule has 0 saturated carbocycles. The predicted octanol–water partition coefficient (Wildman–Crippen LogP) is 3.58. The Kier molecular flexibility index (Phi) is 4.26. The second-order valence-electron chi connectivity index (χ2n) is 3.65. The standard InChI is InChI=1S/C11H6BrClF2N2O2S/c12-7-4-6(13)5-8(11(7)15)20(18,19)17-10-3-1-2-9(14)16-10/h1-5H,(H,16,17). The molecule has 0 aliphatic carbocycles. The van der Waals surface area contributed by atoms with Gasteiger partial charge in [0.1, 0.15) is 10.7 Å². The molecule has 0 radical (unpaired) electrons. The maximum Gasteiger partial charge on any atom is 0.266 e. The van der Waals surface area contributed by atoms with E-state index in [-0.39, 0.29) is 15.3 Å². The van der Waals surface area contributed by atoms with Gasteiger partial charge < -0.3 is 0 Å². The molecule has 1 N–H and O–H groups in total. The van der Waals surface area contributed by atoms with Crippen LogP contribution in [-0.4, -0.2) is 13.4 Å². The highest BCUT2D eigenvalue weighted by Gasteiger charge is 2.22. The summed E-state index contributed by atoms with van der Waals surface area (Å²) in [6, 6.07) is 5.72. The number of halogens is 4. The molecular weight excluding hydrogens is 378 g/mol. The van der Waals surface area contributed by atoms with Crippen LogP contribution in [0.25, 0.3) is 0 Å². The number of nitrogens with one attached hydrogen (secondary N) is 1. The molecule has 2 aromatic rings. The number of nitrogens with zero attached hydrogens (tertiary/aromatic N) is 1. The molecule has 0 aliphatic heterocycles. The van der Waals surface area contributed by atoms with Gasteiger partial charge in [-0.1, -0.05) is 17.7 Å². The molecule has 1 heterocycles. The van der Waals surface area contributed by atoms with Gasteiger partial charge in [0, 0.05) is 5.02 Å². The molecule has 0 amide bonds. The van der Waals surface area contributed by atoms with Crippen molar-refractivity contribution >= 4 is 43.4 Å². The van der Waals surface area contributed by atoms with Crippen molar-refractivity contribution in [3.8, 4) is 0 Å². The lowest BCUT2D eigenvalue weighted by Gasteiger charge is -2.09. The van der Waals surface area contributed by atoms with Gasteiger partial charge in [-0.05, 0) is 40.2 Å². The normalized spacial score (nSPS) is 11.4. The minimum Gasteiger partial charge on any atom is -0.263 e. The summed E-state index contributed by atoms with van der Waals surface area (Å²) in [5.74, 6) is -2.13. The maximum atomic E-state index is 13.8. The molecule has 20 heavy (non-hydrogen) atoms. The van der Waals surface area contributed by atoms with Crippen LogP contribution in [0.4, 0.5) is 14.6 Å². The molecule has 2 rings (SSSR count). The lowest BCUT2D eigenvalue weighted by atomic mass is 10.3. The van der Waals surface area contributed by atoms with Crippen molar-refractivity contribution in [1.29, 1.82) is 0 Å². The van der Waals surface area contributed by atoms with Gasteiger partial charge in [-0.15, -0.1) is 0 Å². The average molecular weight is 384 g/mol. The van der Waals surface area contributed by atoms with Gasteiger partial charge in [0.05, 0.1) is 4.47 Å². The van der Waals surface area contributed by atoms with E-state index in [0.29, 0.717) is 0 Å². The molecule has 0 atom stereocenters. The first-order valence-electron chi connectivity index (χ1n) is 5.09. The monoisotopic (exact) mass is 382 g/mol. The van der Waals surface area contributed by atoms with Crippen LogP contribution in [0.5, 0.6) is 0 Å². The van der Waals surface area contributed by atoms with Crippen LogP contribution < -0.4 is 4.72 Å². The molecule has 0 spiro atoms. The smallest absolute Gasteiger partial charge is 0.263 e. The van der Waals surface area contributed by atoms with Gasteiger partial charge in [-0.2, -0.15) is 4.39 Å². The fraction of sp³-hybridized carbons (Fsp3) is 0. The van der Waals surface area contributed by atoms with Crippen LogP contribution in [0.15, 0.2) is 39.7 Å². The van der Waals surface area contributed by atoms with Gasteiger partial charge in [0.15, 0.2) is 5.82 Å². The van der Waals surface area contributed by atoms with Gasteiger partial charge >= 0.3 is 0 Å². The molecular formula is C11H6BrClF2N2O2S. The van der Waals surface area contributed by atoms with E-state index in [1.165, 1.54) is 18.2 Å². The third-order valence-corrected chi connectivity index (χ3v) is 4.35. The fourth-order valence-electron chi connectivity index (χ4n) is 1.39. The summed E-state index contributed by atoms with van der Waals surface area (Å²) in [7, 11) is -4.27. The minimum absolute atomic E-state index is 0.0332. The summed E-state index contributed by atoms with van der Waals surface area (Å²) in [6.45, 7) is 0. The van der Waals surface area contributed by atoms with Crippen LogP contribution in [0.1, 0.15) is 0 Å². The summed E-state index contributed by atoms with van der Waals surface area (Å²) in [5, 5.41) is 0.0332. The first kappa shape index (κ1) is 15.1. The van der Waals surface area contributed by atoms with Gasteiger partial charge in [0.25, 0.3) is 10.0 Å². The molecule has 4 nitrogen and oxygen atoms in total. The lowest BCUT2D eigenvalue weighted by Crippen LogP contribution is -2.16. The first-order chi connectivity index (χ1) is 9.29. The molecule has 0 fully saturated rings. The third-order valence-electron chi connectivity index (χ3n) is 2.20. The number of aromatic nitrogens is 1. The van der Waals surface area contributed by atoms with Gasteiger partial charge in [-0.3, -0.25) is 4.72 Å². The van der Waals surface area contributed by atoms with Crippen molar-refractivity contribution in [1.82, 2.24) is 4.98 Å². The lowest BCUT2D eigenvalue weighted by molar-refractivity contribution is 0.566. The summed E-state index contributed by atoms with van der Waals surface area (Å²) in [5.41, 5.74) is 0. The Labute approximate surface area is 127 Å². The number of sulfonamides is 1. The van der Waals surface area contributed by atoms with E-state index in [2.05, 4.69) is 20.9 Å². The fourth-order valence-corrected chi connectivity index (χ4v) is 3.52. The first-order valence-corrected chi connectivity index (χ1v) is 7.75. The highest BCUT2D eigenvalue weighted by atomic mass is 79.9. The summed E-state index contributed by atoms with van der Waals surface area (Å²) in [4.78, 5) is 2.67. The zero-order chi connectivity index (χ0) is 14.9. The molecule has 0 saturated heterocycles. The van der Waals surface area contributed by atoms with E-state index in [4.69, 9.17) is 11.6 Å². The third kappa shape index (κ3) is 3.25. The second kappa shape index (κ2) is 5.63. The zero-order valence-corrected chi connectivity index (χ0v) is 12.7. The summed E-state index contributed by atoms with van der Waals surface area (Å²) >= 11 is 8.55. The molecule has 0 aliphatic rings. The molecule has 9 heteroatoms. The van der Waals surface area contributed by atoms with Crippen molar-refractivity contribution in [2.45, 2.75) is 4.90 Å². The number of anilines is 1. The number of hydrogen-bond acceptors (Lipinski definition) is 3. The molecule has 0 bridgehead atoms. The topological polar surface area (TPSA) is 59.1 Å². The number of benzene rings is 1. The zero-order valence-electron chi connectivity index (χ0n) is 9.57. The quantitative estimate of drug-likeness (QED) is 0.651. The number of hydrogen-bond donors (Lipinski definition) is 1. The Morgan fingerprint density at radius 3 is 2.60 bits per heavy atom. The SMILES string of the molecule is O=S(=O)(Nc1cccc(F)n1)c1cc(Cl)cc(Br)c1F. The van der Waals surface area contributed by atoms with E-state index >= 15 is 0 Å². The summed E-state index contributed by atoms with van der Waals surface area (Å²) in [6.07, 6.45) is 0. The van der Waals surface area contributed by atoms with Crippen LogP contribution in [0.3, 0.4) is 0 Å². The molecule has 106 valence electrons. The van der Waals surface area contributed by atoms with E-state index in [1.54, 1.807) is 0 Å². The Morgan fingerprint density at radius 1 is 1.25 bits per heavy atom. The number of rotatable bonds is 3. The van der Waals surface area contributed by atoms with E-state index < -0.39 is 26.7 Å². The van der Waals surface area contributed by atoms with Gasteiger partial charge in [0.2, 0.25) is 5.95 Å². The van der Waals surface area contributed by atoms with Crippen molar-refractivity contribution in [3.05, 3.63) is 51.6 Å². The van der Waals surface area contributed by atoms with Crippen LogP contribution in [0.2, 0.25) is 5.02 Å². The Hall–Kier alpha value is -1.25. The van der Waals surface area contributed by atoms with E-state index in [0.717, 1.165) is 12.1 Å². The molecule has 1 aromatic heterocycles. The molecule has 0 unspecified atom stereocenters. The van der Waals surface area contributed by atoms with E-state index in [1.807, 2.05) is 4.72 Å². The highest BCUT2D eigenvalue weighted by molar-refractivity contribution is 9.10. The second-order valence-corrected chi connectivity index (χ2v) is 6.59. The van der Waals surface area contributed by atoms with E-state index in [9.17, 15) is 17.2 Å². The molecule has 1 aromatic carbocycles. The maximum absolute atomic E-state index is 13.8. The average Bonchev–Trinajstić information content (AvgIpc) is 2.33. The van der Waals surface area contributed by atoms with Crippen LogP contribution >= 0.6 is 27.5 Å². The predicted molar refractivity (Wildman–Crippen MR) is 74.1 cm³/mol. The largest absolute Gasteiger partial charge is 0.266 e. The Balaban J connectivity index is 2.46. The van der Waals surface area contributed by atoms with Crippen molar-refractivity contribution in [2.24, 2.45) is 0 Å². The van der Waals surface area contributed by atoms with Crippen molar-refractivity contribution < 1.29 is 17.2 Å². The summed E-state index contributed by atoms with van der Waals surface area (Å²) < 4.78 is 52.7. The Bertz CT molecular complexity index is 771. The number of pyridine rings is 1.